The average molecular weight is 249 g/mol. The molecule has 3 nitrogen and oxygen atoms in total. The Morgan fingerprint density at radius 1 is 1.39 bits per heavy atom. The number of aromatic nitrogens is 2. The molecule has 0 radical (unpaired) electrons. The topological polar surface area (TPSA) is 29.9 Å². The van der Waals surface area contributed by atoms with Gasteiger partial charge >= 0.3 is 0 Å². The van der Waals surface area contributed by atoms with Crippen LogP contribution in [0.5, 0.6) is 0 Å². The molecule has 1 fully saturated rings. The molecule has 18 heavy (non-hydrogen) atoms. The Kier molecular flexibility index (Phi) is 5.24. The van der Waals surface area contributed by atoms with Gasteiger partial charge in [-0.05, 0) is 37.8 Å². The van der Waals surface area contributed by atoms with Crippen molar-refractivity contribution in [2.45, 2.75) is 65.0 Å². The van der Waals surface area contributed by atoms with E-state index in [1.807, 2.05) is 10.9 Å². The van der Waals surface area contributed by atoms with Gasteiger partial charge in [0.1, 0.15) is 0 Å². The van der Waals surface area contributed by atoms with Crippen molar-refractivity contribution >= 4 is 0 Å². The number of rotatable bonds is 7. The molecule has 3 heteroatoms. The molecule has 1 aromatic rings. The summed E-state index contributed by atoms with van der Waals surface area (Å²) in [5.74, 6) is 0.954. The van der Waals surface area contributed by atoms with Crippen LogP contribution in [0, 0.1) is 5.92 Å². The van der Waals surface area contributed by atoms with E-state index >= 15 is 0 Å². The predicted octanol–water partition coefficient (Wildman–Crippen LogP) is 3.00. The van der Waals surface area contributed by atoms with Crippen LogP contribution in [-0.2, 0) is 13.0 Å². The van der Waals surface area contributed by atoms with E-state index in [1.54, 1.807) is 0 Å². The molecule has 2 rings (SSSR count). The molecule has 1 atom stereocenters. The van der Waals surface area contributed by atoms with Gasteiger partial charge in [0.05, 0.1) is 6.20 Å². The number of hydrogen-bond donors (Lipinski definition) is 1. The number of nitrogens with one attached hydrogen (secondary N) is 1. The summed E-state index contributed by atoms with van der Waals surface area (Å²) >= 11 is 0. The van der Waals surface area contributed by atoms with Crippen LogP contribution in [0.3, 0.4) is 0 Å². The van der Waals surface area contributed by atoms with E-state index in [-0.39, 0.29) is 0 Å². The molecule has 1 heterocycles. The van der Waals surface area contributed by atoms with Gasteiger partial charge in [-0.3, -0.25) is 4.68 Å². The van der Waals surface area contributed by atoms with E-state index in [1.165, 1.54) is 37.7 Å². The van der Waals surface area contributed by atoms with E-state index in [4.69, 9.17) is 0 Å². The Morgan fingerprint density at radius 2 is 2.17 bits per heavy atom. The van der Waals surface area contributed by atoms with Gasteiger partial charge in [0.25, 0.3) is 0 Å². The lowest BCUT2D eigenvalue weighted by Gasteiger charge is -2.20. The molecule has 1 aliphatic rings. The quantitative estimate of drug-likeness (QED) is 0.805. The molecular weight excluding hydrogens is 222 g/mol. The summed E-state index contributed by atoms with van der Waals surface area (Å²) in [5.41, 5.74) is 1.38. The van der Waals surface area contributed by atoms with Gasteiger partial charge < -0.3 is 5.32 Å². The largest absolute Gasteiger partial charge is 0.314 e. The highest BCUT2D eigenvalue weighted by Gasteiger charge is 2.20. The number of nitrogens with zero attached hydrogens (tertiary/aromatic N) is 2. The first-order chi connectivity index (χ1) is 8.81. The van der Waals surface area contributed by atoms with Crippen molar-refractivity contribution in [2.75, 3.05) is 6.54 Å². The first-order valence-electron chi connectivity index (χ1n) is 7.56. The van der Waals surface area contributed by atoms with Gasteiger partial charge in [-0.15, -0.1) is 0 Å². The number of likely N-dealkylation sites (N-methyl/N-ethyl adjacent to an activating group) is 1. The summed E-state index contributed by atoms with van der Waals surface area (Å²) in [6.07, 6.45) is 12.5. The molecule has 1 saturated carbocycles. The minimum absolute atomic E-state index is 0.632. The maximum absolute atomic E-state index is 4.37. The molecule has 0 bridgehead atoms. The molecular formula is C15H27N3. The zero-order valence-electron chi connectivity index (χ0n) is 11.9. The standard InChI is InChI=1S/C15H27N3/c1-3-16-15(9-13-7-5-6-8-13)10-14-11-17-18(4-2)12-14/h11-13,15-16H,3-10H2,1-2H3. The lowest BCUT2D eigenvalue weighted by molar-refractivity contribution is 0.390. The Bertz CT molecular complexity index is 339. The van der Waals surface area contributed by atoms with Gasteiger partial charge in [0.15, 0.2) is 0 Å². The smallest absolute Gasteiger partial charge is 0.0522 e. The van der Waals surface area contributed by atoms with E-state index in [0.717, 1.165) is 25.4 Å². The summed E-state index contributed by atoms with van der Waals surface area (Å²) in [6.45, 7) is 6.38. The Balaban J connectivity index is 1.87. The van der Waals surface area contributed by atoms with Gasteiger partial charge in [0, 0.05) is 18.8 Å². The second-order valence-corrected chi connectivity index (χ2v) is 5.55. The van der Waals surface area contributed by atoms with Crippen molar-refractivity contribution < 1.29 is 0 Å². The maximum Gasteiger partial charge on any atom is 0.0522 e. The van der Waals surface area contributed by atoms with E-state index in [9.17, 15) is 0 Å². The summed E-state index contributed by atoms with van der Waals surface area (Å²) in [5, 5.41) is 8.02. The molecule has 0 aliphatic heterocycles. The van der Waals surface area contributed by atoms with E-state index in [2.05, 4.69) is 30.5 Å². The lowest BCUT2D eigenvalue weighted by atomic mass is 9.95. The van der Waals surface area contributed by atoms with Crippen LogP contribution in [0.25, 0.3) is 0 Å². The van der Waals surface area contributed by atoms with Crippen molar-refractivity contribution in [2.24, 2.45) is 5.92 Å². The Labute approximate surface area is 111 Å². The minimum atomic E-state index is 0.632. The number of hydrogen-bond acceptors (Lipinski definition) is 2. The maximum atomic E-state index is 4.37. The van der Waals surface area contributed by atoms with Crippen LogP contribution >= 0.6 is 0 Å². The summed E-state index contributed by atoms with van der Waals surface area (Å²) < 4.78 is 2.02. The SMILES string of the molecule is CCNC(Cc1cnn(CC)c1)CC1CCCC1. The minimum Gasteiger partial charge on any atom is -0.314 e. The van der Waals surface area contributed by atoms with Crippen molar-refractivity contribution in [1.82, 2.24) is 15.1 Å². The van der Waals surface area contributed by atoms with Crippen LogP contribution < -0.4 is 5.32 Å². The van der Waals surface area contributed by atoms with Gasteiger partial charge in [-0.2, -0.15) is 5.10 Å². The first kappa shape index (κ1) is 13.6. The lowest BCUT2D eigenvalue weighted by Crippen LogP contribution is -2.32. The van der Waals surface area contributed by atoms with Crippen LogP contribution in [0.15, 0.2) is 12.4 Å². The highest BCUT2D eigenvalue weighted by Crippen LogP contribution is 2.29. The van der Waals surface area contributed by atoms with Gasteiger partial charge in [0.2, 0.25) is 0 Å². The first-order valence-corrected chi connectivity index (χ1v) is 7.56. The summed E-state index contributed by atoms with van der Waals surface area (Å²) in [7, 11) is 0. The van der Waals surface area contributed by atoms with Crippen LogP contribution in [0.2, 0.25) is 0 Å². The molecule has 0 spiro atoms. The molecule has 1 unspecified atom stereocenters. The van der Waals surface area contributed by atoms with Crippen molar-refractivity contribution in [3.05, 3.63) is 18.0 Å². The normalized spacial score (nSPS) is 18.3. The average Bonchev–Trinajstić information content (AvgIpc) is 3.00. The Hall–Kier alpha value is -0.830. The zero-order valence-corrected chi connectivity index (χ0v) is 11.9. The molecule has 1 N–H and O–H groups in total. The second-order valence-electron chi connectivity index (χ2n) is 5.55. The summed E-state index contributed by atoms with van der Waals surface area (Å²) in [6, 6.07) is 0.632. The highest BCUT2D eigenvalue weighted by molar-refractivity contribution is 5.06. The van der Waals surface area contributed by atoms with Crippen molar-refractivity contribution in [3.63, 3.8) is 0 Å². The third-order valence-corrected chi connectivity index (χ3v) is 4.08. The second kappa shape index (κ2) is 6.93. The van der Waals surface area contributed by atoms with E-state index in [0.29, 0.717) is 6.04 Å². The third kappa shape index (κ3) is 3.84. The van der Waals surface area contributed by atoms with Crippen LogP contribution in [0.4, 0.5) is 0 Å². The monoisotopic (exact) mass is 249 g/mol. The van der Waals surface area contributed by atoms with Gasteiger partial charge in [-0.25, -0.2) is 0 Å². The molecule has 0 amide bonds. The molecule has 0 aromatic carbocycles. The van der Waals surface area contributed by atoms with Crippen molar-refractivity contribution in [3.8, 4) is 0 Å². The molecule has 0 saturated heterocycles. The molecule has 1 aliphatic carbocycles. The number of aryl methyl sites for hydroxylation is 1. The van der Waals surface area contributed by atoms with Crippen molar-refractivity contribution in [1.29, 1.82) is 0 Å². The fourth-order valence-corrected chi connectivity index (χ4v) is 3.15. The molecule has 102 valence electrons. The van der Waals surface area contributed by atoms with Crippen LogP contribution in [0.1, 0.15) is 51.5 Å². The zero-order chi connectivity index (χ0) is 12.8. The van der Waals surface area contributed by atoms with Gasteiger partial charge in [-0.1, -0.05) is 32.6 Å². The Morgan fingerprint density at radius 3 is 2.78 bits per heavy atom. The fourth-order valence-electron chi connectivity index (χ4n) is 3.15. The highest BCUT2D eigenvalue weighted by atomic mass is 15.3. The predicted molar refractivity (Wildman–Crippen MR) is 75.6 cm³/mol. The third-order valence-electron chi connectivity index (χ3n) is 4.08. The fraction of sp³-hybridized carbons (Fsp3) is 0.800. The molecule has 1 aromatic heterocycles. The van der Waals surface area contributed by atoms with E-state index < -0.39 is 0 Å². The summed E-state index contributed by atoms with van der Waals surface area (Å²) in [4.78, 5) is 0. The van der Waals surface area contributed by atoms with Crippen LogP contribution in [-0.4, -0.2) is 22.4 Å².